The summed E-state index contributed by atoms with van der Waals surface area (Å²) in [4.78, 5) is 0. The van der Waals surface area contributed by atoms with Crippen molar-refractivity contribution in [2.24, 2.45) is 12.8 Å². The molecule has 1 atom stereocenters. The first-order valence-electron chi connectivity index (χ1n) is 11.9. The van der Waals surface area contributed by atoms with Gasteiger partial charge < -0.3 is 20.3 Å². The molecule has 1 aromatic carbocycles. The highest BCUT2D eigenvalue weighted by molar-refractivity contribution is 5.81. The molecule has 0 saturated heterocycles. The molecule has 0 fully saturated rings. The van der Waals surface area contributed by atoms with Crippen molar-refractivity contribution < 1.29 is 14.6 Å². The fourth-order valence-electron chi connectivity index (χ4n) is 3.73. The first-order valence-corrected chi connectivity index (χ1v) is 11.9. The Bertz CT molecular complexity index is 1150. The van der Waals surface area contributed by atoms with Crippen molar-refractivity contribution in [2.75, 3.05) is 13.2 Å². The van der Waals surface area contributed by atoms with Gasteiger partial charge in [-0.05, 0) is 62.5 Å². The molecular weight excluding hydrogens is 426 g/mol. The molecule has 0 amide bonds. The Kier molecular flexibility index (Phi) is 9.15. The Labute approximate surface area is 202 Å². The van der Waals surface area contributed by atoms with E-state index in [0.717, 1.165) is 48.0 Å². The van der Waals surface area contributed by atoms with Crippen LogP contribution in [0.5, 0.6) is 17.5 Å². The zero-order valence-corrected chi connectivity index (χ0v) is 20.6. The lowest BCUT2D eigenvalue weighted by Crippen LogP contribution is -2.21. The van der Waals surface area contributed by atoms with Crippen LogP contribution < -0.4 is 15.2 Å². The molecule has 3 N–H and O–H groups in total. The number of aromatic nitrogens is 2. The molecule has 1 unspecified atom stereocenters. The zero-order valence-electron chi connectivity index (χ0n) is 20.6. The number of nitrogens with two attached hydrogens (primary N) is 1. The summed E-state index contributed by atoms with van der Waals surface area (Å²) in [5.74, 6) is 8.24. The predicted octanol–water partition coefficient (Wildman–Crippen LogP) is 5.13. The Morgan fingerprint density at radius 3 is 2.79 bits per heavy atom. The summed E-state index contributed by atoms with van der Waals surface area (Å²) in [5, 5.41) is 14.6. The van der Waals surface area contributed by atoms with Gasteiger partial charge in [0.2, 0.25) is 11.8 Å². The summed E-state index contributed by atoms with van der Waals surface area (Å²) >= 11 is 0. The minimum Gasteiger partial charge on any atom is -0.477 e. The summed E-state index contributed by atoms with van der Waals surface area (Å²) in [6.45, 7) is 6.90. The Balaban J connectivity index is 2.06. The average molecular weight is 462 g/mol. The van der Waals surface area contributed by atoms with Crippen LogP contribution in [0.2, 0.25) is 0 Å². The van der Waals surface area contributed by atoms with Crippen molar-refractivity contribution in [3.63, 3.8) is 0 Å². The van der Waals surface area contributed by atoms with Crippen LogP contribution >= 0.6 is 0 Å². The molecule has 6 nitrogen and oxygen atoms in total. The van der Waals surface area contributed by atoms with E-state index in [1.807, 2.05) is 38.3 Å². The summed E-state index contributed by atoms with van der Waals surface area (Å²) in [6.07, 6.45) is 8.95. The third kappa shape index (κ3) is 6.40. The molecule has 0 aliphatic heterocycles. The minimum absolute atomic E-state index is 0.191. The molecule has 3 rings (SSSR count). The van der Waals surface area contributed by atoms with Crippen LogP contribution in [0.1, 0.15) is 57.6 Å². The van der Waals surface area contributed by atoms with E-state index in [-0.39, 0.29) is 6.54 Å². The number of aryl methyl sites for hydroxylation is 1. The number of rotatable bonds is 8. The van der Waals surface area contributed by atoms with Gasteiger partial charge in [-0.1, -0.05) is 42.6 Å². The quantitative estimate of drug-likeness (QED) is 0.533. The topological polar surface area (TPSA) is 82.5 Å². The third-order valence-electron chi connectivity index (χ3n) is 5.61. The molecule has 1 aliphatic carbocycles. The lowest BCUT2D eigenvalue weighted by atomic mass is 9.92. The molecule has 0 saturated carbocycles. The van der Waals surface area contributed by atoms with Crippen molar-refractivity contribution in [1.82, 2.24) is 9.78 Å². The van der Waals surface area contributed by atoms with E-state index >= 15 is 0 Å². The first kappa shape index (κ1) is 25.4. The second-order valence-electron chi connectivity index (χ2n) is 8.26. The summed E-state index contributed by atoms with van der Waals surface area (Å²) in [5.41, 5.74) is 10.7. The molecule has 2 aromatic rings. The molecule has 34 heavy (non-hydrogen) atoms. The fraction of sp³-hybridized carbons (Fsp3) is 0.393. The lowest BCUT2D eigenvalue weighted by molar-refractivity contribution is 0.222. The molecule has 0 radical (unpaired) electrons. The highest BCUT2D eigenvalue weighted by atomic mass is 16.5. The predicted molar refractivity (Wildman–Crippen MR) is 137 cm³/mol. The second kappa shape index (κ2) is 12.3. The van der Waals surface area contributed by atoms with E-state index in [1.54, 1.807) is 10.7 Å². The van der Waals surface area contributed by atoms with Gasteiger partial charge in [0.15, 0.2) is 0 Å². The number of hydrogen-bond acceptors (Lipinski definition) is 5. The van der Waals surface area contributed by atoms with Crippen LogP contribution in [0.3, 0.4) is 0 Å². The molecular formula is C28H35N3O3. The number of ether oxygens (including phenoxy) is 2. The van der Waals surface area contributed by atoms with E-state index < -0.39 is 6.10 Å². The van der Waals surface area contributed by atoms with Gasteiger partial charge in [-0.15, -0.1) is 5.10 Å². The Morgan fingerprint density at radius 1 is 1.24 bits per heavy atom. The average Bonchev–Trinajstić information content (AvgIpc) is 3.16. The highest BCUT2D eigenvalue weighted by Gasteiger charge is 2.16. The third-order valence-corrected chi connectivity index (χ3v) is 5.61. The van der Waals surface area contributed by atoms with Gasteiger partial charge in [-0.25, -0.2) is 4.68 Å². The molecule has 1 aromatic heterocycles. The van der Waals surface area contributed by atoms with E-state index in [2.05, 4.69) is 42.9 Å². The number of allylic oxidation sites excluding steroid dienone is 4. The smallest absolute Gasteiger partial charge is 0.236 e. The van der Waals surface area contributed by atoms with Crippen LogP contribution in [0.15, 0.2) is 53.6 Å². The van der Waals surface area contributed by atoms with Gasteiger partial charge in [0.1, 0.15) is 5.75 Å². The molecule has 1 aliphatic rings. The highest BCUT2D eigenvalue weighted by Crippen LogP contribution is 2.36. The zero-order chi connectivity index (χ0) is 24.5. The molecule has 0 spiro atoms. The number of nitrogens with zero attached hydrogens (tertiary/aromatic N) is 2. The molecule has 180 valence electrons. The van der Waals surface area contributed by atoms with Gasteiger partial charge in [-0.3, -0.25) is 0 Å². The second-order valence-corrected chi connectivity index (χ2v) is 8.26. The Morgan fingerprint density at radius 2 is 2.06 bits per heavy atom. The normalized spacial score (nSPS) is 16.1. The Hall–Kier alpha value is -3.27. The number of unbranched alkanes of at least 4 members (excludes halogenated alkanes) is 1. The van der Waals surface area contributed by atoms with Crippen molar-refractivity contribution in [3.8, 4) is 29.4 Å². The minimum atomic E-state index is -0.672. The monoisotopic (exact) mass is 461 g/mol. The number of aliphatic hydroxyl groups is 1. The lowest BCUT2D eigenvalue weighted by Gasteiger charge is -2.18. The van der Waals surface area contributed by atoms with Crippen LogP contribution in [0.25, 0.3) is 5.57 Å². The summed E-state index contributed by atoms with van der Waals surface area (Å²) in [6, 6.07) is 7.84. The van der Waals surface area contributed by atoms with E-state index in [0.29, 0.717) is 24.1 Å². The standard InChI is InChI=1S/C28H35N3O3/c1-5-7-8-11-21-13-15-24(23-16-14-22(25(32)19-29)12-9-10-20(23)3)26(17-21)34-28-18-27(33-6-2)30-31(28)4/h12-18,25,32H,5-7,9-10,19,29H2,1-4H3/b16-14?,22-12-,23-20?. The van der Waals surface area contributed by atoms with Gasteiger partial charge in [0, 0.05) is 31.1 Å². The van der Waals surface area contributed by atoms with E-state index in [1.165, 1.54) is 5.57 Å². The van der Waals surface area contributed by atoms with Crippen molar-refractivity contribution in [2.45, 2.75) is 52.6 Å². The largest absolute Gasteiger partial charge is 0.477 e. The number of benzene rings is 1. The SMILES string of the molecule is CCCC#Cc1ccc(C2=C(C)CC/C=C(\C(O)CN)C=C2)c(Oc2cc(OCC)nn2C)c1. The summed E-state index contributed by atoms with van der Waals surface area (Å²) < 4.78 is 13.6. The molecule has 0 bridgehead atoms. The van der Waals surface area contributed by atoms with E-state index in [4.69, 9.17) is 15.2 Å². The van der Waals surface area contributed by atoms with Crippen molar-refractivity contribution >= 4 is 5.57 Å². The van der Waals surface area contributed by atoms with Gasteiger partial charge in [0.25, 0.3) is 0 Å². The van der Waals surface area contributed by atoms with Crippen LogP contribution in [0, 0.1) is 11.8 Å². The molecule has 6 heteroatoms. The maximum Gasteiger partial charge on any atom is 0.236 e. The maximum absolute atomic E-state index is 10.3. The fourth-order valence-corrected chi connectivity index (χ4v) is 3.73. The van der Waals surface area contributed by atoms with Gasteiger partial charge in [0.05, 0.1) is 18.8 Å². The van der Waals surface area contributed by atoms with Gasteiger partial charge >= 0.3 is 0 Å². The van der Waals surface area contributed by atoms with Crippen molar-refractivity contribution in [3.05, 3.63) is 64.8 Å². The number of hydrogen-bond donors (Lipinski definition) is 2. The number of aliphatic hydroxyl groups excluding tert-OH is 1. The van der Waals surface area contributed by atoms with Crippen LogP contribution in [-0.2, 0) is 7.05 Å². The van der Waals surface area contributed by atoms with Gasteiger partial charge in [-0.2, -0.15) is 0 Å². The maximum atomic E-state index is 10.3. The summed E-state index contributed by atoms with van der Waals surface area (Å²) in [7, 11) is 1.83. The van der Waals surface area contributed by atoms with Crippen molar-refractivity contribution in [1.29, 1.82) is 0 Å². The molecule has 1 heterocycles. The van der Waals surface area contributed by atoms with E-state index in [9.17, 15) is 5.11 Å². The van der Waals surface area contributed by atoms with Crippen LogP contribution in [-0.4, -0.2) is 34.1 Å². The first-order chi connectivity index (χ1) is 16.5. The van der Waals surface area contributed by atoms with Crippen LogP contribution in [0.4, 0.5) is 0 Å².